The number of amides is 3. The second-order valence-corrected chi connectivity index (χ2v) is 9.81. The van der Waals surface area contributed by atoms with E-state index in [0.717, 1.165) is 0 Å². The molecule has 5 atom stereocenters. The molecule has 11 heteroatoms. The maximum Gasteiger partial charge on any atom is 0.326 e. The predicted molar refractivity (Wildman–Crippen MR) is 125 cm³/mol. The lowest BCUT2D eigenvalue weighted by molar-refractivity contribution is -0.143. The molecule has 0 fully saturated rings. The van der Waals surface area contributed by atoms with Gasteiger partial charge in [-0.3, -0.25) is 14.4 Å². The van der Waals surface area contributed by atoms with Crippen LogP contribution in [0.1, 0.15) is 53.9 Å². The second kappa shape index (κ2) is 15.1. The topological polar surface area (TPSA) is 171 Å². The predicted octanol–water partition coefficient (Wildman–Crippen LogP) is 0.0788. The molecule has 7 N–H and O–H groups in total. The molecule has 10 nitrogen and oxygen atoms in total. The maximum atomic E-state index is 12.9. The fraction of sp³-hybridized carbons (Fsp3) is 0.810. The molecule has 0 saturated carbocycles. The van der Waals surface area contributed by atoms with Crippen LogP contribution in [-0.2, 0) is 19.2 Å². The summed E-state index contributed by atoms with van der Waals surface area (Å²) in [5, 5.41) is 26.7. The van der Waals surface area contributed by atoms with Crippen molar-refractivity contribution in [2.75, 3.05) is 12.0 Å². The normalized spacial score (nSPS) is 16.1. The molecule has 0 saturated heterocycles. The molecule has 3 amide bonds. The van der Waals surface area contributed by atoms with Gasteiger partial charge in [-0.25, -0.2) is 4.79 Å². The van der Waals surface area contributed by atoms with Gasteiger partial charge < -0.3 is 31.9 Å². The van der Waals surface area contributed by atoms with Crippen LogP contribution in [0.4, 0.5) is 0 Å². The summed E-state index contributed by atoms with van der Waals surface area (Å²) in [5.41, 5.74) is 5.66. The maximum absolute atomic E-state index is 12.9. The van der Waals surface area contributed by atoms with E-state index >= 15 is 0 Å². The summed E-state index contributed by atoms with van der Waals surface area (Å²) in [6, 6.07) is -4.17. The van der Waals surface area contributed by atoms with Crippen LogP contribution in [0, 0.1) is 11.8 Å². The number of thioether (sulfide) groups is 1. The van der Waals surface area contributed by atoms with Crippen LogP contribution < -0.4 is 21.7 Å². The highest BCUT2D eigenvalue weighted by molar-refractivity contribution is 7.98. The average Bonchev–Trinajstić information content (AvgIpc) is 2.68. The molecule has 0 aliphatic rings. The van der Waals surface area contributed by atoms with Gasteiger partial charge in [0.2, 0.25) is 17.7 Å². The Morgan fingerprint density at radius 2 is 1.25 bits per heavy atom. The van der Waals surface area contributed by atoms with Crippen molar-refractivity contribution in [1.82, 2.24) is 16.0 Å². The minimum absolute atomic E-state index is 0.0438. The van der Waals surface area contributed by atoms with E-state index in [4.69, 9.17) is 5.73 Å². The summed E-state index contributed by atoms with van der Waals surface area (Å²) in [5.74, 6) is -2.30. The second-order valence-electron chi connectivity index (χ2n) is 8.83. The molecule has 32 heavy (non-hydrogen) atoms. The van der Waals surface area contributed by atoms with E-state index in [0.29, 0.717) is 18.6 Å². The standard InChI is InChI=1S/C21H40N4O6S/c1-11(2)9-15(19(28)25-16(21(30)31)10-12(3)4)24-18(27)14(7-8-32-6)23-20(29)17(22)13(5)26/h11-17,26H,7-10,22H2,1-6H3,(H,23,29)(H,24,27)(H,25,28)(H,30,31). The monoisotopic (exact) mass is 476 g/mol. The summed E-state index contributed by atoms with van der Waals surface area (Å²) in [6.07, 6.45) is 1.61. The van der Waals surface area contributed by atoms with E-state index in [1.54, 1.807) is 0 Å². The highest BCUT2D eigenvalue weighted by Crippen LogP contribution is 2.10. The van der Waals surface area contributed by atoms with Crippen molar-refractivity contribution in [2.24, 2.45) is 17.6 Å². The highest BCUT2D eigenvalue weighted by Gasteiger charge is 2.31. The number of nitrogens with two attached hydrogens (primary N) is 1. The van der Waals surface area contributed by atoms with Crippen molar-refractivity contribution in [3.8, 4) is 0 Å². The Morgan fingerprint density at radius 3 is 1.69 bits per heavy atom. The zero-order valence-corrected chi connectivity index (χ0v) is 20.7. The van der Waals surface area contributed by atoms with Gasteiger partial charge in [0.1, 0.15) is 24.2 Å². The Balaban J connectivity index is 5.47. The molecule has 0 rings (SSSR count). The SMILES string of the molecule is CSCCC(NC(=O)C(N)C(C)O)C(=O)NC(CC(C)C)C(=O)NC(CC(C)C)C(=O)O. The minimum atomic E-state index is -1.19. The number of carboxylic acid groups (broad SMARTS) is 1. The number of hydrogen-bond donors (Lipinski definition) is 6. The largest absolute Gasteiger partial charge is 0.480 e. The highest BCUT2D eigenvalue weighted by atomic mass is 32.2. The van der Waals surface area contributed by atoms with Crippen molar-refractivity contribution < 1.29 is 29.4 Å². The van der Waals surface area contributed by atoms with Gasteiger partial charge >= 0.3 is 5.97 Å². The number of carbonyl (C=O) groups excluding carboxylic acids is 3. The molecule has 0 aromatic heterocycles. The van der Waals surface area contributed by atoms with Crippen LogP contribution in [0.5, 0.6) is 0 Å². The van der Waals surface area contributed by atoms with Crippen LogP contribution in [0.15, 0.2) is 0 Å². The first-order chi connectivity index (χ1) is 14.8. The number of aliphatic carboxylic acids is 1. The van der Waals surface area contributed by atoms with Gasteiger partial charge in [0.25, 0.3) is 0 Å². The first-order valence-corrected chi connectivity index (χ1v) is 12.3. The number of aliphatic hydroxyl groups is 1. The van der Waals surface area contributed by atoms with Crippen molar-refractivity contribution in [3.63, 3.8) is 0 Å². The number of rotatable bonds is 15. The van der Waals surface area contributed by atoms with E-state index in [1.807, 2.05) is 34.0 Å². The fourth-order valence-electron chi connectivity index (χ4n) is 2.93. The van der Waals surface area contributed by atoms with Gasteiger partial charge in [0, 0.05) is 0 Å². The Labute approximate surface area is 194 Å². The third kappa shape index (κ3) is 11.7. The lowest BCUT2D eigenvalue weighted by atomic mass is 10.00. The third-order valence-electron chi connectivity index (χ3n) is 4.73. The van der Waals surface area contributed by atoms with Crippen molar-refractivity contribution in [3.05, 3.63) is 0 Å². The van der Waals surface area contributed by atoms with E-state index in [-0.39, 0.29) is 18.3 Å². The molecule has 0 radical (unpaired) electrons. The molecule has 186 valence electrons. The van der Waals surface area contributed by atoms with Gasteiger partial charge in [-0.05, 0) is 50.0 Å². The van der Waals surface area contributed by atoms with Crippen molar-refractivity contribution in [1.29, 1.82) is 0 Å². The number of carboxylic acids is 1. The Hall–Kier alpha value is -1.85. The molecule has 0 aliphatic heterocycles. The zero-order valence-electron chi connectivity index (χ0n) is 19.9. The smallest absolute Gasteiger partial charge is 0.326 e. The first-order valence-electron chi connectivity index (χ1n) is 10.9. The Kier molecular flexibility index (Phi) is 14.2. The molecular weight excluding hydrogens is 436 g/mol. The van der Waals surface area contributed by atoms with Crippen LogP contribution in [-0.4, -0.2) is 76.2 Å². The molecule has 0 aromatic rings. The van der Waals surface area contributed by atoms with E-state index in [2.05, 4.69) is 16.0 Å². The zero-order chi connectivity index (χ0) is 25.0. The van der Waals surface area contributed by atoms with Crippen LogP contribution in [0.2, 0.25) is 0 Å². The quantitative estimate of drug-likeness (QED) is 0.193. The number of nitrogens with one attached hydrogen (secondary N) is 3. The minimum Gasteiger partial charge on any atom is -0.480 e. The van der Waals surface area contributed by atoms with E-state index in [1.165, 1.54) is 18.7 Å². The van der Waals surface area contributed by atoms with Crippen molar-refractivity contribution >= 4 is 35.5 Å². The third-order valence-corrected chi connectivity index (χ3v) is 5.37. The summed E-state index contributed by atoms with van der Waals surface area (Å²) in [4.78, 5) is 49.5. The number of hydrogen-bond acceptors (Lipinski definition) is 7. The molecule has 0 aliphatic carbocycles. The molecule has 0 bridgehead atoms. The lowest BCUT2D eigenvalue weighted by Crippen LogP contribution is -2.58. The summed E-state index contributed by atoms with van der Waals surface area (Å²) in [7, 11) is 0. The van der Waals surface area contributed by atoms with E-state index < -0.39 is 54.0 Å². The molecular formula is C21H40N4O6S. The van der Waals surface area contributed by atoms with Gasteiger partial charge in [-0.2, -0.15) is 11.8 Å². The Bertz CT molecular complexity index is 629. The van der Waals surface area contributed by atoms with Crippen LogP contribution in [0.25, 0.3) is 0 Å². The van der Waals surface area contributed by atoms with Crippen LogP contribution >= 0.6 is 11.8 Å². The first kappa shape index (κ1) is 30.1. The lowest BCUT2D eigenvalue weighted by Gasteiger charge is -2.26. The van der Waals surface area contributed by atoms with Crippen molar-refractivity contribution in [2.45, 2.75) is 84.2 Å². The summed E-state index contributed by atoms with van der Waals surface area (Å²) >= 11 is 1.49. The van der Waals surface area contributed by atoms with Crippen LogP contribution in [0.3, 0.4) is 0 Å². The molecule has 5 unspecified atom stereocenters. The Morgan fingerprint density at radius 1 is 0.812 bits per heavy atom. The van der Waals surface area contributed by atoms with Gasteiger partial charge in [0.05, 0.1) is 6.10 Å². The van der Waals surface area contributed by atoms with Gasteiger partial charge in [0.15, 0.2) is 0 Å². The number of carbonyl (C=O) groups is 4. The molecule has 0 aromatic carbocycles. The fourth-order valence-corrected chi connectivity index (χ4v) is 3.40. The summed E-state index contributed by atoms with van der Waals surface area (Å²) in [6.45, 7) is 8.84. The average molecular weight is 477 g/mol. The summed E-state index contributed by atoms with van der Waals surface area (Å²) < 4.78 is 0. The van der Waals surface area contributed by atoms with E-state index in [9.17, 15) is 29.4 Å². The molecule has 0 heterocycles. The van der Waals surface area contributed by atoms with Gasteiger partial charge in [-0.15, -0.1) is 0 Å². The molecule has 0 spiro atoms. The van der Waals surface area contributed by atoms with Gasteiger partial charge in [-0.1, -0.05) is 27.7 Å². The number of aliphatic hydroxyl groups excluding tert-OH is 1.